The summed E-state index contributed by atoms with van der Waals surface area (Å²) >= 11 is 1.46. The molecule has 0 bridgehead atoms. The van der Waals surface area contributed by atoms with E-state index in [1.54, 1.807) is 10.7 Å². The van der Waals surface area contributed by atoms with E-state index < -0.39 is 0 Å². The van der Waals surface area contributed by atoms with Gasteiger partial charge in [0.2, 0.25) is 4.96 Å². The first-order valence-electron chi connectivity index (χ1n) is 2.12. The SMILES string of the molecule is [c]1cn2ncnc2s1. The Bertz CT molecular complexity index is 233. The molecule has 1 radical (unpaired) electrons. The maximum Gasteiger partial charge on any atom is 0.212 e. The van der Waals surface area contributed by atoms with Crippen LogP contribution in [0.5, 0.6) is 0 Å². The molecule has 2 heterocycles. The fourth-order valence-corrected chi connectivity index (χ4v) is 1.08. The zero-order chi connectivity index (χ0) is 5.40. The average Bonchev–Trinajstić information content (AvgIpc) is 2.15. The van der Waals surface area contributed by atoms with Crippen molar-refractivity contribution in [2.45, 2.75) is 0 Å². The minimum absolute atomic E-state index is 0.894. The van der Waals surface area contributed by atoms with Gasteiger partial charge in [-0.2, -0.15) is 5.10 Å². The fourth-order valence-electron chi connectivity index (χ4n) is 0.530. The molecule has 4 heteroatoms. The number of hydrogen-bond acceptors (Lipinski definition) is 3. The topological polar surface area (TPSA) is 30.2 Å². The van der Waals surface area contributed by atoms with Crippen LogP contribution < -0.4 is 0 Å². The molecule has 2 aromatic heterocycles. The molecule has 0 spiro atoms. The molecule has 0 aliphatic rings. The highest BCUT2D eigenvalue weighted by molar-refractivity contribution is 7.14. The molecule has 0 unspecified atom stereocenters. The lowest BCUT2D eigenvalue weighted by Crippen LogP contribution is -1.74. The van der Waals surface area contributed by atoms with E-state index in [4.69, 9.17) is 0 Å². The molecule has 0 saturated heterocycles. The Kier molecular flexibility index (Phi) is 0.648. The van der Waals surface area contributed by atoms with Gasteiger partial charge in [0.25, 0.3) is 0 Å². The Morgan fingerprint density at radius 3 is 3.62 bits per heavy atom. The molecule has 0 N–H and O–H groups in total. The summed E-state index contributed by atoms with van der Waals surface area (Å²) in [5, 5.41) is 6.76. The molecule has 2 rings (SSSR count). The monoisotopic (exact) mass is 124 g/mol. The van der Waals surface area contributed by atoms with Crippen LogP contribution in [0.4, 0.5) is 0 Å². The van der Waals surface area contributed by atoms with Crippen LogP contribution in [0.25, 0.3) is 4.96 Å². The van der Waals surface area contributed by atoms with Crippen molar-refractivity contribution in [1.82, 2.24) is 14.6 Å². The minimum Gasteiger partial charge on any atom is -0.211 e. The lowest BCUT2D eigenvalue weighted by molar-refractivity contribution is 0.976. The third-order valence-corrected chi connectivity index (χ3v) is 1.56. The van der Waals surface area contributed by atoms with Crippen LogP contribution in [0, 0.1) is 5.38 Å². The molecule has 0 fully saturated rings. The molecule has 2 aromatic rings. The molecule has 0 atom stereocenters. The summed E-state index contributed by atoms with van der Waals surface area (Å²) in [6.07, 6.45) is 3.28. The van der Waals surface area contributed by atoms with Gasteiger partial charge < -0.3 is 0 Å². The molecule has 8 heavy (non-hydrogen) atoms. The number of thiazole rings is 1. The van der Waals surface area contributed by atoms with Crippen LogP contribution >= 0.6 is 11.3 Å². The number of rotatable bonds is 0. The molecule has 0 aromatic carbocycles. The fraction of sp³-hybridized carbons (Fsp3) is 0. The van der Waals surface area contributed by atoms with Crippen molar-refractivity contribution in [3.63, 3.8) is 0 Å². The lowest BCUT2D eigenvalue weighted by Gasteiger charge is -1.69. The van der Waals surface area contributed by atoms with Gasteiger partial charge in [0.05, 0.1) is 11.6 Å². The van der Waals surface area contributed by atoms with Gasteiger partial charge >= 0.3 is 0 Å². The van der Waals surface area contributed by atoms with Crippen LogP contribution in [-0.2, 0) is 0 Å². The Morgan fingerprint density at radius 1 is 1.75 bits per heavy atom. The van der Waals surface area contributed by atoms with Gasteiger partial charge in [-0.3, -0.25) is 0 Å². The molecule has 0 aliphatic carbocycles. The molecule has 0 saturated carbocycles. The van der Waals surface area contributed by atoms with Crippen molar-refractivity contribution < 1.29 is 0 Å². The molecule has 39 valence electrons. The smallest absolute Gasteiger partial charge is 0.211 e. The summed E-state index contributed by atoms with van der Waals surface area (Å²) in [6, 6.07) is 0. The van der Waals surface area contributed by atoms with Gasteiger partial charge in [0.1, 0.15) is 6.33 Å². The number of nitrogens with zero attached hydrogens (tertiary/aromatic N) is 3. The van der Waals surface area contributed by atoms with Gasteiger partial charge in [-0.15, -0.1) is 0 Å². The van der Waals surface area contributed by atoms with Gasteiger partial charge in [-0.05, 0) is 0 Å². The van der Waals surface area contributed by atoms with E-state index in [1.807, 2.05) is 0 Å². The molecule has 3 nitrogen and oxygen atoms in total. The van der Waals surface area contributed by atoms with Gasteiger partial charge in [0.15, 0.2) is 0 Å². The van der Waals surface area contributed by atoms with Crippen molar-refractivity contribution in [3.05, 3.63) is 17.9 Å². The molecular weight excluding hydrogens is 122 g/mol. The maximum absolute atomic E-state index is 3.92. The van der Waals surface area contributed by atoms with Crippen molar-refractivity contribution in [1.29, 1.82) is 0 Å². The largest absolute Gasteiger partial charge is 0.212 e. The predicted octanol–water partition coefficient (Wildman–Crippen LogP) is 0.591. The van der Waals surface area contributed by atoms with Crippen LogP contribution in [0.2, 0.25) is 0 Å². The predicted molar refractivity (Wildman–Crippen MR) is 29.7 cm³/mol. The highest BCUT2D eigenvalue weighted by Gasteiger charge is 1.90. The Hall–Kier alpha value is -0.900. The lowest BCUT2D eigenvalue weighted by atomic mass is 11.0. The van der Waals surface area contributed by atoms with Gasteiger partial charge in [-0.25, -0.2) is 9.50 Å². The average molecular weight is 124 g/mol. The number of fused-ring (bicyclic) bond motifs is 1. The van der Waals surface area contributed by atoms with E-state index in [-0.39, 0.29) is 0 Å². The van der Waals surface area contributed by atoms with E-state index >= 15 is 0 Å². The van der Waals surface area contributed by atoms with Crippen LogP contribution in [0.3, 0.4) is 0 Å². The summed E-state index contributed by atoms with van der Waals surface area (Å²) in [4.78, 5) is 4.81. The highest BCUT2D eigenvalue weighted by Crippen LogP contribution is 2.03. The summed E-state index contributed by atoms with van der Waals surface area (Å²) in [5.74, 6) is 0. The summed E-state index contributed by atoms with van der Waals surface area (Å²) in [5.41, 5.74) is 0. The van der Waals surface area contributed by atoms with E-state index in [9.17, 15) is 0 Å². The molecule has 0 aliphatic heterocycles. The third kappa shape index (κ3) is 0.376. The van der Waals surface area contributed by atoms with Crippen LogP contribution in [0.1, 0.15) is 0 Å². The van der Waals surface area contributed by atoms with Crippen molar-refractivity contribution >= 4 is 16.3 Å². The zero-order valence-electron chi connectivity index (χ0n) is 3.90. The van der Waals surface area contributed by atoms with Crippen LogP contribution in [0.15, 0.2) is 12.5 Å². The Balaban J connectivity index is 3.06. The molecule has 0 amide bonds. The third-order valence-electron chi connectivity index (χ3n) is 0.865. The standard InChI is InChI=1S/C4H2N3S/c1-2-8-4-5-3-6-7(1)4/h1,3H. The first kappa shape index (κ1) is 4.03. The van der Waals surface area contributed by atoms with E-state index in [0.29, 0.717) is 0 Å². The quantitative estimate of drug-likeness (QED) is 0.514. The summed E-state index contributed by atoms with van der Waals surface area (Å²) < 4.78 is 1.69. The van der Waals surface area contributed by atoms with Gasteiger partial charge in [-0.1, -0.05) is 11.3 Å². The van der Waals surface area contributed by atoms with Crippen molar-refractivity contribution in [2.75, 3.05) is 0 Å². The first-order valence-corrected chi connectivity index (χ1v) is 2.94. The second kappa shape index (κ2) is 1.29. The first-order chi connectivity index (χ1) is 3.97. The highest BCUT2D eigenvalue weighted by atomic mass is 32.1. The second-order valence-electron chi connectivity index (χ2n) is 1.34. The van der Waals surface area contributed by atoms with Crippen molar-refractivity contribution in [3.8, 4) is 0 Å². The van der Waals surface area contributed by atoms with Crippen LogP contribution in [-0.4, -0.2) is 14.6 Å². The van der Waals surface area contributed by atoms with E-state index in [0.717, 1.165) is 4.96 Å². The number of aromatic nitrogens is 3. The summed E-state index contributed by atoms with van der Waals surface area (Å²) in [6.45, 7) is 0. The Labute approximate surface area is 49.6 Å². The summed E-state index contributed by atoms with van der Waals surface area (Å²) in [7, 11) is 0. The second-order valence-corrected chi connectivity index (χ2v) is 2.14. The zero-order valence-corrected chi connectivity index (χ0v) is 4.72. The normalized spacial score (nSPS) is 10.5. The minimum atomic E-state index is 0.894. The van der Waals surface area contributed by atoms with Crippen molar-refractivity contribution in [2.24, 2.45) is 0 Å². The molecular formula is C4H2N3S. The maximum atomic E-state index is 3.92. The van der Waals surface area contributed by atoms with Gasteiger partial charge in [0, 0.05) is 0 Å². The van der Waals surface area contributed by atoms with E-state index in [1.165, 1.54) is 17.7 Å². The van der Waals surface area contributed by atoms with E-state index in [2.05, 4.69) is 15.5 Å². The Morgan fingerprint density at radius 2 is 2.75 bits per heavy atom. The number of hydrogen-bond donors (Lipinski definition) is 0.